The molecular weight excluding hydrogens is 423 g/mol. The lowest BCUT2D eigenvalue weighted by Crippen LogP contribution is -2.23. The Hall–Kier alpha value is -1.79. The molecule has 2 aromatic carbocycles. The van der Waals surface area contributed by atoms with Crippen molar-refractivity contribution in [1.82, 2.24) is 0 Å². The highest BCUT2D eigenvalue weighted by Crippen LogP contribution is 2.54. The van der Waals surface area contributed by atoms with Crippen LogP contribution in [0, 0.1) is 13.8 Å². The van der Waals surface area contributed by atoms with Crippen LogP contribution in [0.5, 0.6) is 0 Å². The van der Waals surface area contributed by atoms with Gasteiger partial charge in [0.05, 0.1) is 0 Å². The van der Waals surface area contributed by atoms with Crippen molar-refractivity contribution < 1.29 is 9.59 Å². The van der Waals surface area contributed by atoms with Gasteiger partial charge in [-0.2, -0.15) is 0 Å². The SMILES string of the molecule is CCc1cccc(CC)c1C(=O)P(C(=O)c1c(C)cc(C(C)(C)C)cc1C)C1CCCCC1. The van der Waals surface area contributed by atoms with Gasteiger partial charge in [-0.3, -0.25) is 9.59 Å². The second-order valence-electron chi connectivity index (χ2n) is 10.7. The molecule has 2 aromatic rings. The molecule has 1 atom stereocenters. The number of hydrogen-bond donors (Lipinski definition) is 0. The third-order valence-electron chi connectivity index (χ3n) is 7.20. The summed E-state index contributed by atoms with van der Waals surface area (Å²) >= 11 is 0. The maximum Gasteiger partial charge on any atom is 0.192 e. The molecule has 3 heteroatoms. The van der Waals surface area contributed by atoms with Crippen LogP contribution in [0.15, 0.2) is 30.3 Å². The standard InChI is InChI=1S/C30H41O2P/c1-8-22-14-13-15-23(9-2)27(22)29(32)33(25-16-11-10-12-17-25)28(31)26-20(3)18-24(19-21(26)4)30(5,6)7/h13-15,18-19,25H,8-12,16-17H2,1-7H3. The Morgan fingerprint density at radius 1 is 0.848 bits per heavy atom. The van der Waals surface area contributed by atoms with Crippen LogP contribution in [-0.4, -0.2) is 16.7 Å². The molecule has 1 fully saturated rings. The van der Waals surface area contributed by atoms with Gasteiger partial charge < -0.3 is 0 Å². The Kier molecular flexibility index (Phi) is 8.33. The van der Waals surface area contributed by atoms with E-state index in [2.05, 4.69) is 65.0 Å². The highest BCUT2D eigenvalue weighted by Gasteiger charge is 2.38. The topological polar surface area (TPSA) is 34.1 Å². The summed E-state index contributed by atoms with van der Waals surface area (Å²) in [6, 6.07) is 10.5. The first-order valence-electron chi connectivity index (χ1n) is 12.7. The predicted molar refractivity (Wildman–Crippen MR) is 142 cm³/mol. The Morgan fingerprint density at radius 3 is 1.79 bits per heavy atom. The normalized spacial score (nSPS) is 16.0. The Bertz CT molecular complexity index is 977. The maximum atomic E-state index is 14.3. The first kappa shape index (κ1) is 25.8. The average Bonchev–Trinajstić information content (AvgIpc) is 2.78. The smallest absolute Gasteiger partial charge is 0.192 e. The number of aryl methyl sites for hydroxylation is 4. The maximum absolute atomic E-state index is 14.3. The minimum Gasteiger partial charge on any atom is -0.289 e. The van der Waals surface area contributed by atoms with Gasteiger partial charge in [0, 0.05) is 19.0 Å². The van der Waals surface area contributed by atoms with Gasteiger partial charge in [-0.1, -0.05) is 84.2 Å². The number of hydrogen-bond acceptors (Lipinski definition) is 2. The van der Waals surface area contributed by atoms with Crippen LogP contribution in [0.4, 0.5) is 0 Å². The molecule has 3 rings (SSSR count). The predicted octanol–water partition coefficient (Wildman–Crippen LogP) is 8.52. The number of carbonyl (C=O) groups excluding carboxylic acids is 2. The largest absolute Gasteiger partial charge is 0.289 e. The molecule has 2 nitrogen and oxygen atoms in total. The molecule has 0 radical (unpaired) electrons. The molecule has 0 amide bonds. The zero-order valence-corrected chi connectivity index (χ0v) is 22.6. The van der Waals surface area contributed by atoms with Gasteiger partial charge in [0.15, 0.2) is 11.0 Å². The molecule has 1 aliphatic carbocycles. The van der Waals surface area contributed by atoms with Crippen LogP contribution >= 0.6 is 7.92 Å². The molecular formula is C30H41O2P. The summed E-state index contributed by atoms with van der Waals surface area (Å²) in [5, 5.41) is 0. The van der Waals surface area contributed by atoms with E-state index in [1.165, 1.54) is 12.0 Å². The molecule has 0 aromatic heterocycles. The van der Waals surface area contributed by atoms with Gasteiger partial charge in [0.1, 0.15) is 0 Å². The monoisotopic (exact) mass is 464 g/mol. The van der Waals surface area contributed by atoms with E-state index in [0.717, 1.165) is 71.9 Å². The first-order valence-corrected chi connectivity index (χ1v) is 14.1. The quantitative estimate of drug-likeness (QED) is 0.385. The van der Waals surface area contributed by atoms with Crippen LogP contribution in [0.25, 0.3) is 0 Å². The molecule has 1 aliphatic rings. The summed E-state index contributed by atoms with van der Waals surface area (Å²) in [7, 11) is -1.45. The van der Waals surface area contributed by atoms with Gasteiger partial charge in [-0.15, -0.1) is 0 Å². The molecule has 1 saturated carbocycles. The molecule has 33 heavy (non-hydrogen) atoms. The summed E-state index contributed by atoms with van der Waals surface area (Å²) in [4.78, 5) is 28.5. The van der Waals surface area contributed by atoms with Crippen LogP contribution < -0.4 is 0 Å². The van der Waals surface area contributed by atoms with E-state index in [0.29, 0.717) is 0 Å². The van der Waals surface area contributed by atoms with Crippen molar-refractivity contribution in [2.75, 3.05) is 0 Å². The van der Waals surface area contributed by atoms with E-state index in [1.54, 1.807) is 0 Å². The highest BCUT2D eigenvalue weighted by molar-refractivity contribution is 7.90. The Balaban J connectivity index is 2.14. The second kappa shape index (κ2) is 10.6. The van der Waals surface area contributed by atoms with E-state index in [4.69, 9.17) is 0 Å². The van der Waals surface area contributed by atoms with Crippen LogP contribution in [0.2, 0.25) is 0 Å². The van der Waals surface area contributed by atoms with Crippen LogP contribution in [0.1, 0.15) is 115 Å². The zero-order valence-electron chi connectivity index (χ0n) is 21.7. The van der Waals surface area contributed by atoms with Gasteiger partial charge in [-0.05, 0) is 78.4 Å². The summed E-state index contributed by atoms with van der Waals surface area (Å²) in [5.41, 5.74) is 7.53. The highest BCUT2D eigenvalue weighted by atomic mass is 31.1. The molecule has 178 valence electrons. The van der Waals surface area contributed by atoms with Crippen molar-refractivity contribution >= 4 is 19.0 Å². The molecule has 0 saturated heterocycles. The molecule has 0 heterocycles. The fourth-order valence-corrected chi connectivity index (χ4v) is 8.11. The molecule has 0 N–H and O–H groups in total. The summed E-state index contributed by atoms with van der Waals surface area (Å²) in [6.07, 6.45) is 7.09. The number of rotatable bonds is 7. The van der Waals surface area contributed by atoms with E-state index >= 15 is 0 Å². The van der Waals surface area contributed by atoms with Crippen LogP contribution in [0.3, 0.4) is 0 Å². The van der Waals surface area contributed by atoms with Crippen molar-refractivity contribution in [3.8, 4) is 0 Å². The summed E-state index contributed by atoms with van der Waals surface area (Å²) < 4.78 is 0. The minimum absolute atomic E-state index is 0.0249. The van der Waals surface area contributed by atoms with Gasteiger partial charge in [0.2, 0.25) is 0 Å². The summed E-state index contributed by atoms with van der Waals surface area (Å²) in [6.45, 7) is 14.9. The Labute approximate surface area is 202 Å². The van der Waals surface area contributed by atoms with Crippen molar-refractivity contribution in [2.24, 2.45) is 0 Å². The molecule has 0 bridgehead atoms. The lowest BCUT2D eigenvalue weighted by molar-refractivity contribution is 0.104. The van der Waals surface area contributed by atoms with E-state index in [1.807, 2.05) is 13.8 Å². The summed E-state index contributed by atoms with van der Waals surface area (Å²) in [5.74, 6) is 0. The fourth-order valence-electron chi connectivity index (χ4n) is 5.26. The zero-order chi connectivity index (χ0) is 24.3. The minimum atomic E-state index is -1.45. The van der Waals surface area contributed by atoms with Gasteiger partial charge in [0.25, 0.3) is 0 Å². The number of benzene rings is 2. The van der Waals surface area contributed by atoms with E-state index in [9.17, 15) is 9.59 Å². The average molecular weight is 465 g/mol. The lowest BCUT2D eigenvalue weighted by Gasteiger charge is -2.31. The van der Waals surface area contributed by atoms with Crippen molar-refractivity contribution in [1.29, 1.82) is 0 Å². The second-order valence-corrected chi connectivity index (χ2v) is 12.9. The number of carbonyl (C=O) groups is 2. The van der Waals surface area contributed by atoms with E-state index < -0.39 is 7.92 Å². The molecule has 1 unspecified atom stereocenters. The van der Waals surface area contributed by atoms with Crippen molar-refractivity contribution in [2.45, 2.75) is 104 Å². The van der Waals surface area contributed by atoms with Crippen LogP contribution in [-0.2, 0) is 18.3 Å². The van der Waals surface area contributed by atoms with E-state index in [-0.39, 0.29) is 22.1 Å². The lowest BCUT2D eigenvalue weighted by atomic mass is 9.84. The van der Waals surface area contributed by atoms with Gasteiger partial charge >= 0.3 is 0 Å². The third kappa shape index (κ3) is 5.48. The third-order valence-corrected chi connectivity index (χ3v) is 9.77. The molecule has 0 spiro atoms. The molecule has 0 aliphatic heterocycles. The fraction of sp³-hybridized carbons (Fsp3) is 0.533. The van der Waals surface area contributed by atoms with Crippen molar-refractivity contribution in [3.05, 3.63) is 69.3 Å². The first-order chi connectivity index (χ1) is 15.6. The van der Waals surface area contributed by atoms with Gasteiger partial charge in [-0.25, -0.2) is 0 Å². The van der Waals surface area contributed by atoms with Crippen molar-refractivity contribution in [3.63, 3.8) is 0 Å². The Morgan fingerprint density at radius 2 is 1.33 bits per heavy atom.